The average molecular weight is 387 g/mol. The highest BCUT2D eigenvalue weighted by Gasteiger charge is 2.16. The smallest absolute Gasteiger partial charge is 0.0787 e. The van der Waals surface area contributed by atoms with E-state index in [9.17, 15) is 5.11 Å². The van der Waals surface area contributed by atoms with Crippen molar-refractivity contribution in [1.29, 1.82) is 0 Å². The Hall–Kier alpha value is -3.75. The number of aliphatic hydroxyl groups excluding tert-OH is 1. The maximum atomic E-state index is 10.1. The van der Waals surface area contributed by atoms with Gasteiger partial charge in [0.05, 0.1) is 12.1 Å². The van der Waals surface area contributed by atoms with Crippen molar-refractivity contribution < 1.29 is 5.11 Å². The second-order valence-electron chi connectivity index (χ2n) is 7.33. The highest BCUT2D eigenvalue weighted by Crippen LogP contribution is 2.39. The van der Waals surface area contributed by atoms with Crippen LogP contribution in [0.4, 0.5) is 0 Å². The van der Waals surface area contributed by atoms with Gasteiger partial charge in [0.15, 0.2) is 0 Å². The van der Waals surface area contributed by atoms with Crippen LogP contribution in [0.3, 0.4) is 0 Å². The Morgan fingerprint density at radius 2 is 1.17 bits per heavy atom. The van der Waals surface area contributed by atoms with Crippen molar-refractivity contribution in [2.75, 3.05) is 0 Å². The number of aromatic nitrogens is 1. The molecule has 0 spiro atoms. The Labute approximate surface area is 176 Å². The van der Waals surface area contributed by atoms with Crippen LogP contribution in [0.2, 0.25) is 0 Å². The van der Waals surface area contributed by atoms with Crippen LogP contribution < -0.4 is 0 Å². The fourth-order valence-corrected chi connectivity index (χ4v) is 4.04. The first-order valence-electron chi connectivity index (χ1n) is 10.1. The molecule has 5 aromatic rings. The van der Waals surface area contributed by atoms with E-state index in [4.69, 9.17) is 4.98 Å². The summed E-state index contributed by atoms with van der Waals surface area (Å²) in [6, 6.07) is 35.4. The Morgan fingerprint density at radius 1 is 0.600 bits per heavy atom. The summed E-state index contributed by atoms with van der Waals surface area (Å²) in [7, 11) is 0. The van der Waals surface area contributed by atoms with Gasteiger partial charge in [-0.2, -0.15) is 0 Å². The van der Waals surface area contributed by atoms with Crippen molar-refractivity contribution in [3.8, 4) is 33.4 Å². The molecule has 30 heavy (non-hydrogen) atoms. The third-order valence-corrected chi connectivity index (χ3v) is 5.47. The van der Waals surface area contributed by atoms with Crippen LogP contribution in [0.1, 0.15) is 5.56 Å². The van der Waals surface area contributed by atoms with Gasteiger partial charge in [-0.3, -0.25) is 4.98 Å². The maximum Gasteiger partial charge on any atom is 0.0787 e. The Bertz CT molecular complexity index is 1300. The van der Waals surface area contributed by atoms with E-state index in [1.165, 1.54) is 0 Å². The molecule has 1 N–H and O–H groups in total. The largest absolute Gasteiger partial charge is 0.392 e. The summed E-state index contributed by atoms with van der Waals surface area (Å²) in [5.41, 5.74) is 8.41. The number of rotatable bonds is 4. The van der Waals surface area contributed by atoms with Gasteiger partial charge in [-0.25, -0.2) is 0 Å². The molecule has 0 amide bonds. The minimum absolute atomic E-state index is 0.0522. The van der Waals surface area contributed by atoms with Gasteiger partial charge < -0.3 is 5.11 Å². The molecule has 0 saturated heterocycles. The first-order chi connectivity index (χ1) is 14.8. The molecule has 144 valence electrons. The molecule has 4 aromatic carbocycles. The first-order valence-corrected chi connectivity index (χ1v) is 10.1. The van der Waals surface area contributed by atoms with E-state index < -0.39 is 0 Å². The van der Waals surface area contributed by atoms with Crippen molar-refractivity contribution in [3.05, 3.63) is 115 Å². The lowest BCUT2D eigenvalue weighted by Crippen LogP contribution is -1.96. The Kier molecular flexibility index (Phi) is 4.84. The number of benzene rings is 4. The molecule has 2 nitrogen and oxygen atoms in total. The molecule has 2 heteroatoms. The summed E-state index contributed by atoms with van der Waals surface area (Å²) in [5.74, 6) is 0. The van der Waals surface area contributed by atoms with E-state index in [-0.39, 0.29) is 6.61 Å². The zero-order valence-corrected chi connectivity index (χ0v) is 16.5. The standard InChI is InChI=1S/C28H21NO/c30-19-24-18-29-28-25(21-12-6-2-7-13-21)16-23(20-10-4-1-5-11-20)17-26(28)27(24)22-14-8-3-9-15-22/h1-18,30H,19H2. The van der Waals surface area contributed by atoms with E-state index in [2.05, 4.69) is 72.8 Å². The van der Waals surface area contributed by atoms with Gasteiger partial charge in [0.1, 0.15) is 0 Å². The normalized spacial score (nSPS) is 11.0. The van der Waals surface area contributed by atoms with Gasteiger partial charge in [-0.05, 0) is 39.9 Å². The van der Waals surface area contributed by atoms with Crippen LogP contribution in [0.15, 0.2) is 109 Å². The number of pyridine rings is 1. The van der Waals surface area contributed by atoms with Crippen molar-refractivity contribution in [2.24, 2.45) is 0 Å². The molecular formula is C28H21NO. The van der Waals surface area contributed by atoms with Gasteiger partial charge in [0, 0.05) is 22.7 Å². The van der Waals surface area contributed by atoms with Crippen molar-refractivity contribution in [3.63, 3.8) is 0 Å². The molecule has 0 aliphatic rings. The quantitative estimate of drug-likeness (QED) is 0.371. The average Bonchev–Trinajstić information content (AvgIpc) is 2.84. The van der Waals surface area contributed by atoms with E-state index in [0.717, 1.165) is 49.8 Å². The molecule has 0 atom stereocenters. The van der Waals surface area contributed by atoms with E-state index in [0.29, 0.717) is 0 Å². The molecule has 1 aromatic heterocycles. The number of fused-ring (bicyclic) bond motifs is 1. The fourth-order valence-electron chi connectivity index (χ4n) is 4.04. The summed E-state index contributed by atoms with van der Waals surface area (Å²) < 4.78 is 0. The Morgan fingerprint density at radius 3 is 1.77 bits per heavy atom. The van der Waals surface area contributed by atoms with Crippen molar-refractivity contribution in [2.45, 2.75) is 6.61 Å². The van der Waals surface area contributed by atoms with E-state index >= 15 is 0 Å². The maximum absolute atomic E-state index is 10.1. The number of hydrogen-bond acceptors (Lipinski definition) is 2. The molecule has 0 bridgehead atoms. The van der Waals surface area contributed by atoms with Gasteiger partial charge in [-0.1, -0.05) is 91.0 Å². The molecule has 0 saturated carbocycles. The predicted molar refractivity (Wildman–Crippen MR) is 124 cm³/mol. The molecule has 0 fully saturated rings. The third kappa shape index (κ3) is 3.28. The van der Waals surface area contributed by atoms with E-state index in [1.54, 1.807) is 6.20 Å². The lowest BCUT2D eigenvalue weighted by molar-refractivity contribution is 0.282. The summed E-state index contributed by atoms with van der Waals surface area (Å²) in [5, 5.41) is 11.1. The van der Waals surface area contributed by atoms with Crippen LogP contribution in [-0.2, 0) is 6.61 Å². The highest BCUT2D eigenvalue weighted by atomic mass is 16.3. The van der Waals surface area contributed by atoms with Gasteiger partial charge in [-0.15, -0.1) is 0 Å². The van der Waals surface area contributed by atoms with E-state index in [1.807, 2.05) is 30.3 Å². The second-order valence-corrected chi connectivity index (χ2v) is 7.33. The van der Waals surface area contributed by atoms with Crippen molar-refractivity contribution in [1.82, 2.24) is 4.98 Å². The fraction of sp³-hybridized carbons (Fsp3) is 0.0357. The predicted octanol–water partition coefficient (Wildman–Crippen LogP) is 6.73. The van der Waals surface area contributed by atoms with Crippen LogP contribution in [0.5, 0.6) is 0 Å². The number of aliphatic hydroxyl groups is 1. The number of hydrogen-bond donors (Lipinski definition) is 1. The van der Waals surface area contributed by atoms with Crippen LogP contribution in [-0.4, -0.2) is 10.1 Å². The third-order valence-electron chi connectivity index (χ3n) is 5.47. The summed E-state index contributed by atoms with van der Waals surface area (Å²) in [6.45, 7) is -0.0522. The zero-order chi connectivity index (χ0) is 20.3. The van der Waals surface area contributed by atoms with Gasteiger partial charge >= 0.3 is 0 Å². The molecule has 0 radical (unpaired) electrons. The van der Waals surface area contributed by atoms with Crippen LogP contribution in [0.25, 0.3) is 44.3 Å². The molecule has 0 unspecified atom stereocenters. The van der Waals surface area contributed by atoms with Gasteiger partial charge in [0.2, 0.25) is 0 Å². The lowest BCUT2D eigenvalue weighted by Gasteiger charge is -2.16. The topological polar surface area (TPSA) is 33.1 Å². The molecular weight excluding hydrogens is 366 g/mol. The molecule has 1 heterocycles. The summed E-state index contributed by atoms with van der Waals surface area (Å²) >= 11 is 0. The summed E-state index contributed by atoms with van der Waals surface area (Å²) in [6.07, 6.45) is 1.80. The van der Waals surface area contributed by atoms with Crippen molar-refractivity contribution >= 4 is 10.9 Å². The van der Waals surface area contributed by atoms with Crippen LogP contribution >= 0.6 is 0 Å². The highest BCUT2D eigenvalue weighted by molar-refractivity contribution is 6.05. The minimum Gasteiger partial charge on any atom is -0.392 e. The summed E-state index contributed by atoms with van der Waals surface area (Å²) in [4.78, 5) is 4.79. The Balaban J connectivity index is 1.90. The van der Waals surface area contributed by atoms with Gasteiger partial charge in [0.25, 0.3) is 0 Å². The number of nitrogens with zero attached hydrogens (tertiary/aromatic N) is 1. The molecule has 0 aliphatic carbocycles. The molecule has 5 rings (SSSR count). The first kappa shape index (κ1) is 18.3. The van der Waals surface area contributed by atoms with Crippen LogP contribution in [0, 0.1) is 0 Å². The zero-order valence-electron chi connectivity index (χ0n) is 16.5. The minimum atomic E-state index is -0.0522. The monoisotopic (exact) mass is 387 g/mol. The second kappa shape index (κ2) is 7.94. The lowest BCUT2D eigenvalue weighted by atomic mass is 9.90. The SMILES string of the molecule is OCc1cnc2c(-c3ccccc3)cc(-c3ccccc3)cc2c1-c1ccccc1. The molecule has 0 aliphatic heterocycles.